The Morgan fingerprint density at radius 1 is 0.862 bits per heavy atom. The van der Waals surface area contributed by atoms with Crippen molar-refractivity contribution in [1.82, 2.24) is 5.32 Å². The molecule has 3 rings (SSSR count). The van der Waals surface area contributed by atoms with E-state index in [0.29, 0.717) is 18.0 Å². The van der Waals surface area contributed by atoms with E-state index >= 15 is 0 Å². The number of ether oxygens (including phenoxy) is 2. The predicted octanol–water partition coefficient (Wildman–Crippen LogP) is 4.22. The SMILES string of the molecule is COc1ccc(CCN[C@H](C(=O)Nc2cccc(OC)c2)c2ccccc2)cc1. The number of carbonyl (C=O) groups excluding carboxylic acids is 1. The third-order valence-corrected chi connectivity index (χ3v) is 4.65. The largest absolute Gasteiger partial charge is 0.497 e. The van der Waals surface area contributed by atoms with Gasteiger partial charge >= 0.3 is 0 Å². The summed E-state index contributed by atoms with van der Waals surface area (Å²) >= 11 is 0. The zero-order valence-corrected chi connectivity index (χ0v) is 16.7. The molecule has 0 aliphatic heterocycles. The Kier molecular flexibility index (Phi) is 7.25. The molecule has 1 amide bonds. The van der Waals surface area contributed by atoms with Gasteiger partial charge in [-0.2, -0.15) is 0 Å². The Hall–Kier alpha value is -3.31. The van der Waals surface area contributed by atoms with Crippen LogP contribution in [0.5, 0.6) is 11.5 Å². The number of carbonyl (C=O) groups is 1. The van der Waals surface area contributed by atoms with Gasteiger partial charge < -0.3 is 20.1 Å². The second kappa shape index (κ2) is 10.3. The summed E-state index contributed by atoms with van der Waals surface area (Å²) in [7, 11) is 3.26. The standard InChI is InChI=1S/C24H26N2O3/c1-28-21-13-11-18(12-14-21)15-16-25-23(19-7-4-3-5-8-19)24(27)26-20-9-6-10-22(17-20)29-2/h3-14,17,23,25H,15-16H2,1-2H3,(H,26,27)/t23-/m0/s1. The van der Waals surface area contributed by atoms with E-state index in [-0.39, 0.29) is 5.91 Å². The highest BCUT2D eigenvalue weighted by molar-refractivity contribution is 5.95. The minimum Gasteiger partial charge on any atom is -0.497 e. The van der Waals surface area contributed by atoms with Crippen LogP contribution in [0.3, 0.4) is 0 Å². The van der Waals surface area contributed by atoms with Crippen LogP contribution in [-0.4, -0.2) is 26.7 Å². The average Bonchev–Trinajstić information content (AvgIpc) is 2.77. The molecule has 2 N–H and O–H groups in total. The van der Waals surface area contributed by atoms with E-state index in [1.807, 2.05) is 72.8 Å². The maximum Gasteiger partial charge on any atom is 0.246 e. The first kappa shape index (κ1) is 20.4. The van der Waals surface area contributed by atoms with Crippen molar-refractivity contribution in [2.45, 2.75) is 12.5 Å². The third-order valence-electron chi connectivity index (χ3n) is 4.65. The molecule has 0 aliphatic carbocycles. The van der Waals surface area contributed by atoms with Gasteiger partial charge in [0, 0.05) is 18.3 Å². The topological polar surface area (TPSA) is 59.6 Å². The minimum absolute atomic E-state index is 0.112. The molecule has 0 saturated heterocycles. The van der Waals surface area contributed by atoms with Crippen LogP contribution in [0.4, 0.5) is 5.69 Å². The van der Waals surface area contributed by atoms with Gasteiger partial charge in [-0.05, 0) is 41.8 Å². The lowest BCUT2D eigenvalue weighted by molar-refractivity contribution is -0.118. The van der Waals surface area contributed by atoms with E-state index in [1.165, 1.54) is 5.56 Å². The summed E-state index contributed by atoms with van der Waals surface area (Å²) in [6.07, 6.45) is 0.805. The first-order valence-corrected chi connectivity index (χ1v) is 9.56. The normalized spacial score (nSPS) is 11.5. The van der Waals surface area contributed by atoms with E-state index in [0.717, 1.165) is 17.7 Å². The fourth-order valence-corrected chi connectivity index (χ4v) is 3.08. The molecule has 0 saturated carbocycles. The van der Waals surface area contributed by atoms with Crippen LogP contribution < -0.4 is 20.1 Å². The van der Waals surface area contributed by atoms with E-state index in [9.17, 15) is 4.79 Å². The van der Waals surface area contributed by atoms with Gasteiger partial charge in [-0.15, -0.1) is 0 Å². The number of methoxy groups -OCH3 is 2. The number of benzene rings is 3. The van der Waals surface area contributed by atoms with Crippen LogP contribution in [-0.2, 0) is 11.2 Å². The molecule has 0 fully saturated rings. The Labute approximate surface area is 171 Å². The van der Waals surface area contributed by atoms with Crippen molar-refractivity contribution in [3.05, 3.63) is 90.0 Å². The highest BCUT2D eigenvalue weighted by Crippen LogP contribution is 2.20. The molecular formula is C24H26N2O3. The Bertz CT molecular complexity index is 911. The van der Waals surface area contributed by atoms with Crippen molar-refractivity contribution in [3.63, 3.8) is 0 Å². The number of nitrogens with one attached hydrogen (secondary N) is 2. The highest BCUT2D eigenvalue weighted by atomic mass is 16.5. The number of rotatable bonds is 9. The van der Waals surface area contributed by atoms with Crippen molar-refractivity contribution in [2.75, 3.05) is 26.1 Å². The van der Waals surface area contributed by atoms with Crippen LogP contribution in [0.15, 0.2) is 78.9 Å². The quantitative estimate of drug-likeness (QED) is 0.574. The van der Waals surface area contributed by atoms with Gasteiger partial charge in [-0.1, -0.05) is 48.5 Å². The third kappa shape index (κ3) is 5.83. The van der Waals surface area contributed by atoms with Crippen molar-refractivity contribution < 1.29 is 14.3 Å². The van der Waals surface area contributed by atoms with Gasteiger partial charge in [0.25, 0.3) is 0 Å². The fourth-order valence-electron chi connectivity index (χ4n) is 3.08. The molecule has 0 bridgehead atoms. The monoisotopic (exact) mass is 390 g/mol. The molecule has 0 aromatic heterocycles. The Morgan fingerprint density at radius 2 is 1.59 bits per heavy atom. The summed E-state index contributed by atoms with van der Waals surface area (Å²) in [5, 5.41) is 6.37. The fraction of sp³-hybridized carbons (Fsp3) is 0.208. The highest BCUT2D eigenvalue weighted by Gasteiger charge is 2.20. The van der Waals surface area contributed by atoms with Crippen LogP contribution in [0.2, 0.25) is 0 Å². The predicted molar refractivity (Wildman–Crippen MR) is 116 cm³/mol. The zero-order valence-electron chi connectivity index (χ0n) is 16.7. The number of hydrogen-bond acceptors (Lipinski definition) is 4. The molecule has 5 nitrogen and oxygen atoms in total. The summed E-state index contributed by atoms with van der Waals surface area (Å²) in [5.41, 5.74) is 2.80. The first-order valence-electron chi connectivity index (χ1n) is 9.56. The van der Waals surface area contributed by atoms with E-state index in [4.69, 9.17) is 9.47 Å². The van der Waals surface area contributed by atoms with E-state index in [2.05, 4.69) is 10.6 Å². The van der Waals surface area contributed by atoms with Crippen LogP contribution >= 0.6 is 0 Å². The van der Waals surface area contributed by atoms with Crippen molar-refractivity contribution in [3.8, 4) is 11.5 Å². The molecule has 0 spiro atoms. The lowest BCUT2D eigenvalue weighted by Gasteiger charge is -2.19. The van der Waals surface area contributed by atoms with Crippen LogP contribution in [0.25, 0.3) is 0 Å². The molecule has 0 heterocycles. The molecule has 0 aliphatic rings. The van der Waals surface area contributed by atoms with Crippen LogP contribution in [0, 0.1) is 0 Å². The number of anilines is 1. The van der Waals surface area contributed by atoms with Gasteiger partial charge in [0.05, 0.1) is 14.2 Å². The summed E-state index contributed by atoms with van der Waals surface area (Å²) in [5.74, 6) is 1.42. The van der Waals surface area contributed by atoms with Gasteiger partial charge in [-0.25, -0.2) is 0 Å². The summed E-state index contributed by atoms with van der Waals surface area (Å²) in [6.45, 7) is 0.664. The maximum atomic E-state index is 13.0. The molecule has 3 aromatic carbocycles. The van der Waals surface area contributed by atoms with Gasteiger partial charge in [0.15, 0.2) is 0 Å². The molecule has 3 aromatic rings. The molecule has 0 radical (unpaired) electrons. The van der Waals surface area contributed by atoms with Gasteiger partial charge in [0.2, 0.25) is 5.91 Å². The molecule has 5 heteroatoms. The summed E-state index contributed by atoms with van der Waals surface area (Å²) in [4.78, 5) is 13.0. The van der Waals surface area contributed by atoms with Gasteiger partial charge in [-0.3, -0.25) is 4.79 Å². The average molecular weight is 390 g/mol. The van der Waals surface area contributed by atoms with Crippen molar-refractivity contribution in [2.24, 2.45) is 0 Å². The lowest BCUT2D eigenvalue weighted by atomic mass is 10.1. The minimum atomic E-state index is -0.458. The van der Waals surface area contributed by atoms with Gasteiger partial charge in [0.1, 0.15) is 17.5 Å². The molecule has 29 heavy (non-hydrogen) atoms. The van der Waals surface area contributed by atoms with E-state index in [1.54, 1.807) is 20.3 Å². The maximum absolute atomic E-state index is 13.0. The zero-order chi connectivity index (χ0) is 20.5. The van der Waals surface area contributed by atoms with E-state index < -0.39 is 6.04 Å². The second-order valence-electron chi connectivity index (χ2n) is 6.62. The van der Waals surface area contributed by atoms with Crippen LogP contribution in [0.1, 0.15) is 17.2 Å². The molecule has 150 valence electrons. The first-order chi connectivity index (χ1) is 14.2. The van der Waals surface area contributed by atoms with Crippen molar-refractivity contribution in [1.29, 1.82) is 0 Å². The molecule has 1 atom stereocenters. The number of hydrogen-bond donors (Lipinski definition) is 2. The molecular weight excluding hydrogens is 364 g/mol. The summed E-state index contributed by atoms with van der Waals surface area (Å²) in [6, 6.07) is 24.6. The second-order valence-corrected chi connectivity index (χ2v) is 6.62. The van der Waals surface area contributed by atoms with Crippen molar-refractivity contribution >= 4 is 11.6 Å². The lowest BCUT2D eigenvalue weighted by Crippen LogP contribution is -2.34. The summed E-state index contributed by atoms with van der Waals surface area (Å²) < 4.78 is 10.4. The Morgan fingerprint density at radius 3 is 2.28 bits per heavy atom. The molecule has 0 unspecified atom stereocenters. The number of amides is 1. The smallest absolute Gasteiger partial charge is 0.246 e. The Balaban J connectivity index is 1.67.